The summed E-state index contributed by atoms with van der Waals surface area (Å²) in [7, 11) is 1.17. The van der Waals surface area contributed by atoms with Crippen molar-refractivity contribution < 1.29 is 22.7 Å². The lowest BCUT2D eigenvalue weighted by Crippen LogP contribution is -2.44. The number of aryl methyl sites for hydroxylation is 1. The normalized spacial score (nSPS) is 15.1. The minimum Gasteiger partial charge on any atom is -0.497 e. The van der Waals surface area contributed by atoms with E-state index in [1.54, 1.807) is 25.1 Å². The van der Waals surface area contributed by atoms with E-state index in [1.165, 1.54) is 11.7 Å². The van der Waals surface area contributed by atoms with Crippen molar-refractivity contribution in [2.24, 2.45) is 7.05 Å². The van der Waals surface area contributed by atoms with Gasteiger partial charge in [0, 0.05) is 32.7 Å². The van der Waals surface area contributed by atoms with Gasteiger partial charge in [0.1, 0.15) is 17.2 Å². The van der Waals surface area contributed by atoms with Gasteiger partial charge in [-0.25, -0.2) is 8.42 Å². The summed E-state index contributed by atoms with van der Waals surface area (Å²) in [5, 5.41) is 6.17. The number of likely N-dealkylation sites (tertiary alicyclic amines) is 1. The van der Waals surface area contributed by atoms with Crippen molar-refractivity contribution in [2.75, 3.05) is 33.0 Å². The Kier molecular flexibility index (Phi) is 6.45. The molecule has 2 heterocycles. The molecule has 1 aromatic heterocycles. The monoisotopic (exact) mass is 434 g/mol. The second-order valence-electron chi connectivity index (χ2n) is 7.24. The molecular weight excluding hydrogens is 408 g/mol. The van der Waals surface area contributed by atoms with E-state index >= 15 is 0 Å². The molecule has 1 aromatic carbocycles. The van der Waals surface area contributed by atoms with Gasteiger partial charge in [0.2, 0.25) is 5.91 Å². The van der Waals surface area contributed by atoms with Crippen LogP contribution in [0, 0.1) is 0 Å². The van der Waals surface area contributed by atoms with E-state index in [9.17, 15) is 18.0 Å². The number of piperidine rings is 1. The number of hydrogen-bond donors (Lipinski definition) is 1. The summed E-state index contributed by atoms with van der Waals surface area (Å²) in [6.45, 7) is 0.631. The molecule has 0 atom stereocenters. The lowest BCUT2D eigenvalue weighted by atomic mass is 10.1. The van der Waals surface area contributed by atoms with Crippen LogP contribution in [0.1, 0.15) is 23.3 Å². The molecule has 0 saturated carbocycles. The molecule has 1 fully saturated rings. The standard InChI is InChI=1S/C20H26N4O5S/c1-21-19(25)13-30(27,28)16-7-9-24(10-8-16)20(26)18-12-17(22-23(18)2)14-5-4-6-15(11-14)29-3/h4-6,11-12,16H,7-10,13H2,1-3H3,(H,21,25). The van der Waals surface area contributed by atoms with E-state index in [0.717, 1.165) is 5.56 Å². The lowest BCUT2D eigenvalue weighted by molar-refractivity contribution is -0.118. The van der Waals surface area contributed by atoms with Gasteiger partial charge in [-0.15, -0.1) is 0 Å². The zero-order valence-corrected chi connectivity index (χ0v) is 18.1. The first-order valence-electron chi connectivity index (χ1n) is 9.65. The number of benzene rings is 1. The number of carbonyl (C=O) groups is 2. The van der Waals surface area contributed by atoms with Crippen LogP contribution in [-0.4, -0.2) is 73.2 Å². The number of nitrogens with one attached hydrogen (secondary N) is 1. The fourth-order valence-electron chi connectivity index (χ4n) is 3.54. The topological polar surface area (TPSA) is 111 Å². The highest BCUT2D eigenvalue weighted by atomic mass is 32.2. The second kappa shape index (κ2) is 8.86. The summed E-state index contributed by atoms with van der Waals surface area (Å²) in [5.74, 6) is -0.533. The number of aromatic nitrogens is 2. The minimum atomic E-state index is -3.53. The van der Waals surface area contributed by atoms with Crippen molar-refractivity contribution in [3.8, 4) is 17.0 Å². The summed E-state index contributed by atoms with van der Waals surface area (Å²) in [4.78, 5) is 26.1. The Morgan fingerprint density at radius 3 is 2.57 bits per heavy atom. The molecule has 2 aromatic rings. The van der Waals surface area contributed by atoms with Gasteiger partial charge in [-0.1, -0.05) is 12.1 Å². The SMILES string of the molecule is CNC(=O)CS(=O)(=O)C1CCN(C(=O)c2cc(-c3cccc(OC)c3)nn2C)CC1. The molecule has 0 radical (unpaired) electrons. The zero-order chi connectivity index (χ0) is 21.9. The van der Waals surface area contributed by atoms with Gasteiger partial charge in [0.05, 0.1) is 18.1 Å². The van der Waals surface area contributed by atoms with E-state index in [-0.39, 0.29) is 5.91 Å². The maximum absolute atomic E-state index is 13.0. The van der Waals surface area contributed by atoms with E-state index in [1.807, 2.05) is 24.3 Å². The summed E-state index contributed by atoms with van der Waals surface area (Å²) in [6.07, 6.45) is 0.622. The Labute approximate surface area is 175 Å². The molecule has 1 N–H and O–H groups in total. The zero-order valence-electron chi connectivity index (χ0n) is 17.3. The lowest BCUT2D eigenvalue weighted by Gasteiger charge is -2.31. The van der Waals surface area contributed by atoms with Crippen LogP contribution in [-0.2, 0) is 21.7 Å². The smallest absolute Gasteiger partial charge is 0.272 e. The highest BCUT2D eigenvalue weighted by Crippen LogP contribution is 2.25. The molecule has 30 heavy (non-hydrogen) atoms. The van der Waals surface area contributed by atoms with Gasteiger partial charge in [-0.2, -0.15) is 5.10 Å². The average Bonchev–Trinajstić information content (AvgIpc) is 3.14. The third-order valence-corrected chi connectivity index (χ3v) is 7.46. The van der Waals surface area contributed by atoms with Crippen LogP contribution in [0.2, 0.25) is 0 Å². The average molecular weight is 435 g/mol. The number of ether oxygens (including phenoxy) is 1. The van der Waals surface area contributed by atoms with Crippen molar-refractivity contribution in [3.63, 3.8) is 0 Å². The Morgan fingerprint density at radius 1 is 1.23 bits per heavy atom. The first kappa shape index (κ1) is 21.8. The summed E-state index contributed by atoms with van der Waals surface area (Å²) in [6, 6.07) is 9.15. The van der Waals surface area contributed by atoms with Gasteiger partial charge in [0.25, 0.3) is 5.91 Å². The first-order valence-corrected chi connectivity index (χ1v) is 11.4. The van der Waals surface area contributed by atoms with Gasteiger partial charge >= 0.3 is 0 Å². The van der Waals surface area contributed by atoms with Crippen LogP contribution >= 0.6 is 0 Å². The van der Waals surface area contributed by atoms with Crippen molar-refractivity contribution in [3.05, 3.63) is 36.0 Å². The highest BCUT2D eigenvalue weighted by molar-refractivity contribution is 7.92. The predicted octanol–water partition coefficient (Wildman–Crippen LogP) is 0.861. The predicted molar refractivity (Wildman–Crippen MR) is 112 cm³/mol. The Balaban J connectivity index is 1.70. The summed E-state index contributed by atoms with van der Waals surface area (Å²) >= 11 is 0. The molecule has 0 unspecified atom stereocenters. The second-order valence-corrected chi connectivity index (χ2v) is 9.52. The molecule has 1 saturated heterocycles. The van der Waals surface area contributed by atoms with Gasteiger partial charge in [-0.05, 0) is 31.0 Å². The van der Waals surface area contributed by atoms with Gasteiger partial charge in [-0.3, -0.25) is 14.3 Å². The molecule has 9 nitrogen and oxygen atoms in total. The summed E-state index contributed by atoms with van der Waals surface area (Å²) in [5.41, 5.74) is 1.92. The number of methoxy groups -OCH3 is 1. The Bertz CT molecular complexity index is 1040. The van der Waals surface area contributed by atoms with Gasteiger partial charge in [0.15, 0.2) is 9.84 Å². The molecule has 0 aliphatic carbocycles. The molecular formula is C20H26N4O5S. The van der Waals surface area contributed by atoms with Gasteiger partial charge < -0.3 is 15.0 Å². The Morgan fingerprint density at radius 2 is 1.93 bits per heavy atom. The number of hydrogen-bond acceptors (Lipinski definition) is 6. The molecule has 3 rings (SSSR count). The van der Waals surface area contributed by atoms with E-state index < -0.39 is 26.7 Å². The van der Waals surface area contributed by atoms with Crippen molar-refractivity contribution >= 4 is 21.7 Å². The third-order valence-electron chi connectivity index (χ3n) is 5.31. The number of sulfone groups is 1. The highest BCUT2D eigenvalue weighted by Gasteiger charge is 2.33. The molecule has 162 valence electrons. The number of carbonyl (C=O) groups excluding carboxylic acids is 2. The maximum Gasteiger partial charge on any atom is 0.272 e. The van der Waals surface area contributed by atoms with E-state index in [2.05, 4.69) is 10.4 Å². The molecule has 0 spiro atoms. The molecule has 10 heteroatoms. The molecule has 0 bridgehead atoms. The van der Waals surface area contributed by atoms with Crippen molar-refractivity contribution in [1.82, 2.24) is 20.0 Å². The fourth-order valence-corrected chi connectivity index (χ4v) is 5.22. The molecule has 1 aliphatic rings. The van der Waals surface area contributed by atoms with Crippen molar-refractivity contribution in [1.29, 1.82) is 0 Å². The van der Waals surface area contributed by atoms with Crippen LogP contribution in [0.3, 0.4) is 0 Å². The van der Waals surface area contributed by atoms with Crippen LogP contribution < -0.4 is 10.1 Å². The maximum atomic E-state index is 13.0. The number of rotatable bonds is 6. The van der Waals surface area contributed by atoms with Crippen LogP contribution in [0.4, 0.5) is 0 Å². The fraction of sp³-hybridized carbons (Fsp3) is 0.450. The first-order chi connectivity index (χ1) is 14.2. The number of nitrogens with zero attached hydrogens (tertiary/aromatic N) is 3. The van der Waals surface area contributed by atoms with Crippen molar-refractivity contribution in [2.45, 2.75) is 18.1 Å². The van der Waals surface area contributed by atoms with Crippen LogP contribution in [0.25, 0.3) is 11.3 Å². The molecule has 1 aliphatic heterocycles. The van der Waals surface area contributed by atoms with Crippen LogP contribution in [0.15, 0.2) is 30.3 Å². The van der Waals surface area contributed by atoms with E-state index in [4.69, 9.17) is 4.74 Å². The minimum absolute atomic E-state index is 0.193. The number of amides is 2. The van der Waals surface area contributed by atoms with E-state index in [0.29, 0.717) is 43.1 Å². The third kappa shape index (κ3) is 4.64. The molecule has 2 amide bonds. The quantitative estimate of drug-likeness (QED) is 0.722. The van der Waals surface area contributed by atoms with Crippen LogP contribution in [0.5, 0.6) is 5.75 Å². The summed E-state index contributed by atoms with van der Waals surface area (Å²) < 4.78 is 31.5. The Hall–Kier alpha value is -2.88. The largest absolute Gasteiger partial charge is 0.497 e.